The highest BCUT2D eigenvalue weighted by Gasteiger charge is 2.30. The molecule has 21 heavy (non-hydrogen) atoms. The minimum atomic E-state index is -4.72. The van der Waals surface area contributed by atoms with Crippen molar-refractivity contribution in [2.75, 3.05) is 6.54 Å². The summed E-state index contributed by atoms with van der Waals surface area (Å²) < 4.78 is 39.7. The predicted octanol–water partition coefficient (Wildman–Crippen LogP) is 2.40. The molecular weight excluding hydrogens is 287 g/mol. The molecule has 0 saturated carbocycles. The second kappa shape index (κ2) is 7.87. The number of aliphatic hydroxyl groups is 1. The SMILES string of the molecule is CCC(O)CCNC(=O)Cc1ccc(OC(F)(F)F)cc1. The van der Waals surface area contributed by atoms with Gasteiger partial charge in [-0.15, -0.1) is 13.2 Å². The summed E-state index contributed by atoms with van der Waals surface area (Å²) in [7, 11) is 0. The normalized spacial score (nSPS) is 12.8. The zero-order valence-electron chi connectivity index (χ0n) is 11.6. The van der Waals surface area contributed by atoms with Gasteiger partial charge < -0.3 is 15.2 Å². The molecule has 0 fully saturated rings. The van der Waals surface area contributed by atoms with E-state index < -0.39 is 12.5 Å². The first-order valence-electron chi connectivity index (χ1n) is 6.59. The van der Waals surface area contributed by atoms with E-state index in [1.165, 1.54) is 12.1 Å². The van der Waals surface area contributed by atoms with E-state index in [0.29, 0.717) is 24.9 Å². The molecule has 0 aliphatic rings. The van der Waals surface area contributed by atoms with E-state index in [-0.39, 0.29) is 18.1 Å². The van der Waals surface area contributed by atoms with Crippen molar-refractivity contribution in [1.29, 1.82) is 0 Å². The van der Waals surface area contributed by atoms with Gasteiger partial charge in [0.05, 0.1) is 12.5 Å². The lowest BCUT2D eigenvalue weighted by Gasteiger charge is -2.10. The van der Waals surface area contributed by atoms with Crippen molar-refractivity contribution in [1.82, 2.24) is 5.32 Å². The molecule has 0 bridgehead atoms. The standard InChI is InChI=1S/C14H18F3NO3/c1-2-11(19)7-8-18-13(20)9-10-3-5-12(6-4-10)21-14(15,16)17/h3-6,11,19H,2,7-9H2,1H3,(H,18,20). The van der Waals surface area contributed by atoms with Crippen molar-refractivity contribution in [2.24, 2.45) is 0 Å². The number of ether oxygens (including phenoxy) is 1. The number of amides is 1. The molecule has 1 atom stereocenters. The molecule has 7 heteroatoms. The van der Waals surface area contributed by atoms with Crippen LogP contribution in [0.15, 0.2) is 24.3 Å². The first-order chi connectivity index (χ1) is 9.80. The number of carbonyl (C=O) groups is 1. The van der Waals surface area contributed by atoms with E-state index in [4.69, 9.17) is 0 Å². The Morgan fingerprint density at radius 2 is 1.95 bits per heavy atom. The summed E-state index contributed by atoms with van der Waals surface area (Å²) in [5.74, 6) is -0.569. The summed E-state index contributed by atoms with van der Waals surface area (Å²) in [6.07, 6.45) is -4.01. The largest absolute Gasteiger partial charge is 0.573 e. The number of hydrogen-bond acceptors (Lipinski definition) is 3. The zero-order chi connectivity index (χ0) is 15.9. The quantitative estimate of drug-likeness (QED) is 0.813. The van der Waals surface area contributed by atoms with Crippen LogP contribution in [0.4, 0.5) is 13.2 Å². The fourth-order valence-corrected chi connectivity index (χ4v) is 1.64. The Labute approximate surface area is 120 Å². The van der Waals surface area contributed by atoms with Crippen LogP contribution in [0.5, 0.6) is 5.75 Å². The van der Waals surface area contributed by atoms with E-state index in [1.807, 2.05) is 6.92 Å². The first-order valence-corrected chi connectivity index (χ1v) is 6.59. The molecule has 0 radical (unpaired) electrons. The van der Waals surface area contributed by atoms with Crippen LogP contribution in [0, 0.1) is 0 Å². The molecule has 1 aromatic rings. The molecule has 1 aromatic carbocycles. The summed E-state index contributed by atoms with van der Waals surface area (Å²) >= 11 is 0. The Kier molecular flexibility index (Phi) is 6.48. The second-order valence-corrected chi connectivity index (χ2v) is 4.57. The summed E-state index contributed by atoms with van der Waals surface area (Å²) in [4.78, 5) is 11.6. The average Bonchev–Trinajstić information content (AvgIpc) is 2.39. The molecule has 0 saturated heterocycles. The number of alkyl halides is 3. The highest BCUT2D eigenvalue weighted by atomic mass is 19.4. The number of rotatable bonds is 7. The number of benzene rings is 1. The molecule has 0 aromatic heterocycles. The lowest BCUT2D eigenvalue weighted by molar-refractivity contribution is -0.274. The van der Waals surface area contributed by atoms with E-state index >= 15 is 0 Å². The third-order valence-corrected chi connectivity index (χ3v) is 2.79. The van der Waals surface area contributed by atoms with Gasteiger partial charge in [-0.05, 0) is 30.5 Å². The van der Waals surface area contributed by atoms with Crippen LogP contribution in [0.1, 0.15) is 25.3 Å². The Bertz CT molecular complexity index is 446. The van der Waals surface area contributed by atoms with Crippen molar-refractivity contribution in [3.8, 4) is 5.75 Å². The van der Waals surface area contributed by atoms with Gasteiger partial charge in [-0.25, -0.2) is 0 Å². The van der Waals surface area contributed by atoms with Crippen LogP contribution < -0.4 is 10.1 Å². The van der Waals surface area contributed by atoms with E-state index in [9.17, 15) is 23.1 Å². The summed E-state index contributed by atoms with van der Waals surface area (Å²) in [5, 5.41) is 12.0. The molecule has 1 unspecified atom stereocenters. The van der Waals surface area contributed by atoms with Crippen molar-refractivity contribution < 1.29 is 27.8 Å². The molecule has 0 spiro atoms. The fourth-order valence-electron chi connectivity index (χ4n) is 1.64. The van der Waals surface area contributed by atoms with Crippen molar-refractivity contribution in [2.45, 2.75) is 38.7 Å². The number of halogens is 3. The molecular formula is C14H18F3NO3. The van der Waals surface area contributed by atoms with Gasteiger partial charge in [-0.2, -0.15) is 0 Å². The number of nitrogens with one attached hydrogen (secondary N) is 1. The Balaban J connectivity index is 2.39. The van der Waals surface area contributed by atoms with Crippen LogP contribution in [0.2, 0.25) is 0 Å². The maximum absolute atomic E-state index is 12.0. The van der Waals surface area contributed by atoms with E-state index in [1.54, 1.807) is 0 Å². The van der Waals surface area contributed by atoms with Crippen molar-refractivity contribution in [3.05, 3.63) is 29.8 Å². The summed E-state index contributed by atoms with van der Waals surface area (Å²) in [5.41, 5.74) is 0.582. The second-order valence-electron chi connectivity index (χ2n) is 4.57. The van der Waals surface area contributed by atoms with Gasteiger partial charge in [0.15, 0.2) is 0 Å². The monoisotopic (exact) mass is 305 g/mol. The van der Waals surface area contributed by atoms with Crippen LogP contribution in [0.25, 0.3) is 0 Å². The van der Waals surface area contributed by atoms with Crippen LogP contribution in [-0.4, -0.2) is 30.0 Å². The first kappa shape index (κ1) is 17.3. The maximum atomic E-state index is 12.0. The summed E-state index contributed by atoms with van der Waals surface area (Å²) in [6.45, 7) is 2.21. The van der Waals surface area contributed by atoms with Crippen LogP contribution in [-0.2, 0) is 11.2 Å². The number of hydrogen-bond donors (Lipinski definition) is 2. The maximum Gasteiger partial charge on any atom is 0.573 e. The smallest absolute Gasteiger partial charge is 0.406 e. The molecule has 2 N–H and O–H groups in total. The fraction of sp³-hybridized carbons (Fsp3) is 0.500. The molecule has 0 aliphatic carbocycles. The number of carbonyl (C=O) groups excluding carboxylic acids is 1. The predicted molar refractivity (Wildman–Crippen MR) is 70.8 cm³/mol. The van der Waals surface area contributed by atoms with Gasteiger partial charge >= 0.3 is 6.36 Å². The molecule has 1 rings (SSSR count). The Morgan fingerprint density at radius 1 is 1.33 bits per heavy atom. The van der Waals surface area contributed by atoms with Crippen LogP contribution in [0.3, 0.4) is 0 Å². The number of aliphatic hydroxyl groups excluding tert-OH is 1. The van der Waals surface area contributed by atoms with Gasteiger partial charge in [0.2, 0.25) is 5.91 Å². The molecule has 0 aliphatic heterocycles. The lowest BCUT2D eigenvalue weighted by Crippen LogP contribution is -2.28. The Morgan fingerprint density at radius 3 is 2.48 bits per heavy atom. The van der Waals surface area contributed by atoms with Gasteiger partial charge in [0.25, 0.3) is 0 Å². The highest BCUT2D eigenvalue weighted by Crippen LogP contribution is 2.22. The van der Waals surface area contributed by atoms with Gasteiger partial charge in [-0.1, -0.05) is 19.1 Å². The third kappa shape index (κ3) is 7.55. The van der Waals surface area contributed by atoms with Gasteiger partial charge in [0.1, 0.15) is 5.75 Å². The van der Waals surface area contributed by atoms with E-state index in [2.05, 4.69) is 10.1 Å². The lowest BCUT2D eigenvalue weighted by atomic mass is 10.1. The van der Waals surface area contributed by atoms with Gasteiger partial charge in [-0.3, -0.25) is 4.79 Å². The minimum Gasteiger partial charge on any atom is -0.406 e. The third-order valence-electron chi connectivity index (χ3n) is 2.79. The topological polar surface area (TPSA) is 58.6 Å². The highest BCUT2D eigenvalue weighted by molar-refractivity contribution is 5.78. The van der Waals surface area contributed by atoms with Crippen molar-refractivity contribution in [3.63, 3.8) is 0 Å². The molecule has 118 valence electrons. The molecule has 1 amide bonds. The van der Waals surface area contributed by atoms with E-state index in [0.717, 1.165) is 12.1 Å². The summed E-state index contributed by atoms with van der Waals surface area (Å²) in [6, 6.07) is 5.14. The van der Waals surface area contributed by atoms with Crippen molar-refractivity contribution >= 4 is 5.91 Å². The minimum absolute atomic E-state index is 0.0640. The average molecular weight is 305 g/mol. The molecule has 4 nitrogen and oxygen atoms in total. The van der Waals surface area contributed by atoms with Crippen LogP contribution >= 0.6 is 0 Å². The zero-order valence-corrected chi connectivity index (χ0v) is 11.6. The molecule has 0 heterocycles. The Hall–Kier alpha value is -1.76. The van der Waals surface area contributed by atoms with Gasteiger partial charge in [0, 0.05) is 6.54 Å².